The molecule has 2 rings (SSSR count). The molecule has 1 aromatic heterocycles. The van der Waals surface area contributed by atoms with Gasteiger partial charge in [0.15, 0.2) is 0 Å². The highest BCUT2D eigenvalue weighted by Crippen LogP contribution is 2.17. The van der Waals surface area contributed by atoms with E-state index in [-0.39, 0.29) is 5.97 Å². The third-order valence-electron chi connectivity index (χ3n) is 2.83. The summed E-state index contributed by atoms with van der Waals surface area (Å²) in [7, 11) is 1.38. The number of ether oxygens (including phenoxy) is 1. The van der Waals surface area contributed by atoms with E-state index in [2.05, 4.69) is 9.84 Å². The monoisotopic (exact) mass is 256 g/mol. The van der Waals surface area contributed by atoms with Gasteiger partial charge in [-0.2, -0.15) is 5.10 Å². The van der Waals surface area contributed by atoms with E-state index in [0.717, 1.165) is 11.1 Å². The van der Waals surface area contributed by atoms with Crippen LogP contribution in [0.15, 0.2) is 54.4 Å². The Kier molecular flexibility index (Phi) is 4.13. The normalized spacial score (nSPS) is 11.4. The summed E-state index contributed by atoms with van der Waals surface area (Å²) < 4.78 is 6.42. The fraction of sp³-hybridized carbons (Fsp3) is 0.200. The van der Waals surface area contributed by atoms with E-state index in [0.29, 0.717) is 12.1 Å². The maximum Gasteiger partial charge on any atom is 0.333 e. The van der Waals surface area contributed by atoms with E-state index in [9.17, 15) is 4.79 Å². The number of allylic oxidation sites excluding steroid dienone is 1. The minimum atomic E-state index is -0.310. The van der Waals surface area contributed by atoms with Crippen LogP contribution in [0.5, 0.6) is 0 Å². The number of carbonyl (C=O) groups excluding carboxylic acids is 1. The highest BCUT2D eigenvalue weighted by molar-refractivity contribution is 5.87. The quantitative estimate of drug-likeness (QED) is 0.624. The summed E-state index contributed by atoms with van der Waals surface area (Å²) in [5.41, 5.74) is 2.77. The Bertz CT molecular complexity index is 585. The molecule has 0 unspecified atom stereocenters. The van der Waals surface area contributed by atoms with Gasteiger partial charge >= 0.3 is 5.97 Å². The summed E-state index contributed by atoms with van der Waals surface area (Å²) in [5, 5.41) is 4.27. The van der Waals surface area contributed by atoms with Gasteiger partial charge in [0.05, 0.1) is 19.9 Å². The van der Waals surface area contributed by atoms with Gasteiger partial charge in [-0.3, -0.25) is 4.68 Å². The summed E-state index contributed by atoms with van der Waals surface area (Å²) in [4.78, 5) is 11.2. The Hall–Kier alpha value is -2.36. The molecule has 0 atom stereocenters. The molecule has 0 fully saturated rings. The Morgan fingerprint density at radius 3 is 2.74 bits per heavy atom. The van der Waals surface area contributed by atoms with Gasteiger partial charge in [0.2, 0.25) is 0 Å². The molecule has 0 aliphatic heterocycles. The van der Waals surface area contributed by atoms with Crippen molar-refractivity contribution in [2.45, 2.75) is 13.5 Å². The SMILES string of the molecule is COC(=O)C(C)=CCn1cc(-c2ccccc2)cn1. The number of benzene rings is 1. The van der Waals surface area contributed by atoms with Crippen molar-refractivity contribution in [1.29, 1.82) is 0 Å². The topological polar surface area (TPSA) is 44.1 Å². The van der Waals surface area contributed by atoms with Crippen molar-refractivity contribution in [3.8, 4) is 11.1 Å². The number of carbonyl (C=O) groups is 1. The molecule has 0 aliphatic carbocycles. The van der Waals surface area contributed by atoms with Crippen LogP contribution in [0.3, 0.4) is 0 Å². The maximum absolute atomic E-state index is 11.2. The molecular formula is C15H16N2O2. The standard InChI is InChI=1S/C15H16N2O2/c1-12(15(18)19-2)8-9-17-11-14(10-16-17)13-6-4-3-5-7-13/h3-8,10-11H,9H2,1-2H3. The lowest BCUT2D eigenvalue weighted by Crippen LogP contribution is -2.03. The molecule has 0 N–H and O–H groups in total. The molecule has 0 spiro atoms. The number of hydrogen-bond acceptors (Lipinski definition) is 3. The number of methoxy groups -OCH3 is 1. The first-order chi connectivity index (χ1) is 9.20. The first kappa shape index (κ1) is 13.1. The van der Waals surface area contributed by atoms with Crippen molar-refractivity contribution >= 4 is 5.97 Å². The van der Waals surface area contributed by atoms with E-state index in [1.807, 2.05) is 42.7 Å². The van der Waals surface area contributed by atoms with E-state index >= 15 is 0 Å². The Labute approximate surface area is 112 Å². The second-order valence-electron chi connectivity index (χ2n) is 4.20. The molecule has 4 heteroatoms. The fourth-order valence-corrected chi connectivity index (χ4v) is 1.72. The molecule has 4 nitrogen and oxygen atoms in total. The maximum atomic E-state index is 11.2. The van der Waals surface area contributed by atoms with Gasteiger partial charge in [-0.1, -0.05) is 36.4 Å². The highest BCUT2D eigenvalue weighted by atomic mass is 16.5. The third kappa shape index (κ3) is 3.31. The van der Waals surface area contributed by atoms with Crippen LogP contribution >= 0.6 is 0 Å². The van der Waals surface area contributed by atoms with E-state index in [1.165, 1.54) is 7.11 Å². The van der Waals surface area contributed by atoms with E-state index in [4.69, 9.17) is 0 Å². The zero-order chi connectivity index (χ0) is 13.7. The van der Waals surface area contributed by atoms with Gasteiger partial charge in [0.1, 0.15) is 0 Å². The van der Waals surface area contributed by atoms with Crippen LogP contribution in [0, 0.1) is 0 Å². The Morgan fingerprint density at radius 1 is 1.32 bits per heavy atom. The predicted octanol–water partition coefficient (Wildman–Crippen LogP) is 2.67. The number of rotatable bonds is 4. The van der Waals surface area contributed by atoms with Crippen molar-refractivity contribution in [1.82, 2.24) is 9.78 Å². The smallest absolute Gasteiger partial charge is 0.333 e. The number of esters is 1. The largest absolute Gasteiger partial charge is 0.466 e. The van der Waals surface area contributed by atoms with Crippen molar-refractivity contribution < 1.29 is 9.53 Å². The van der Waals surface area contributed by atoms with Crippen LogP contribution in [0.2, 0.25) is 0 Å². The lowest BCUT2D eigenvalue weighted by molar-refractivity contribution is -0.136. The van der Waals surface area contributed by atoms with Crippen LogP contribution in [0.1, 0.15) is 6.92 Å². The molecule has 1 heterocycles. The predicted molar refractivity (Wildman–Crippen MR) is 73.4 cm³/mol. The van der Waals surface area contributed by atoms with Crippen molar-refractivity contribution in [3.05, 3.63) is 54.4 Å². The van der Waals surface area contributed by atoms with Gasteiger partial charge in [-0.05, 0) is 12.5 Å². The number of nitrogens with zero attached hydrogens (tertiary/aromatic N) is 2. The molecule has 0 aliphatic rings. The molecule has 0 bridgehead atoms. The molecular weight excluding hydrogens is 240 g/mol. The molecule has 0 amide bonds. The molecule has 0 saturated heterocycles. The second kappa shape index (κ2) is 6.00. The first-order valence-electron chi connectivity index (χ1n) is 6.03. The summed E-state index contributed by atoms with van der Waals surface area (Å²) in [6, 6.07) is 10.0. The second-order valence-corrected chi connectivity index (χ2v) is 4.20. The average Bonchev–Trinajstić information content (AvgIpc) is 2.93. The summed E-state index contributed by atoms with van der Waals surface area (Å²) in [5.74, 6) is -0.310. The molecule has 0 radical (unpaired) electrons. The van der Waals surface area contributed by atoms with Crippen molar-refractivity contribution in [3.63, 3.8) is 0 Å². The summed E-state index contributed by atoms with van der Waals surface area (Å²) >= 11 is 0. The average molecular weight is 256 g/mol. The molecule has 0 saturated carbocycles. The Morgan fingerprint density at radius 2 is 2.05 bits per heavy atom. The van der Waals surface area contributed by atoms with E-state index < -0.39 is 0 Å². The van der Waals surface area contributed by atoms with E-state index in [1.54, 1.807) is 17.7 Å². The van der Waals surface area contributed by atoms with Gasteiger partial charge < -0.3 is 4.74 Å². The lowest BCUT2D eigenvalue weighted by Gasteiger charge is -1.99. The van der Waals surface area contributed by atoms with Gasteiger partial charge in [-0.25, -0.2) is 4.79 Å². The number of hydrogen-bond donors (Lipinski definition) is 0. The molecule has 98 valence electrons. The molecule has 19 heavy (non-hydrogen) atoms. The molecule has 2 aromatic rings. The fourth-order valence-electron chi connectivity index (χ4n) is 1.72. The Balaban J connectivity index is 2.08. The minimum absolute atomic E-state index is 0.310. The molecule has 1 aromatic carbocycles. The van der Waals surface area contributed by atoms with Crippen molar-refractivity contribution in [2.24, 2.45) is 0 Å². The summed E-state index contributed by atoms with van der Waals surface area (Å²) in [6.07, 6.45) is 5.57. The highest BCUT2D eigenvalue weighted by Gasteiger charge is 2.03. The lowest BCUT2D eigenvalue weighted by atomic mass is 10.1. The zero-order valence-corrected chi connectivity index (χ0v) is 11.0. The van der Waals surface area contributed by atoms with Crippen LogP contribution in [-0.2, 0) is 16.1 Å². The van der Waals surface area contributed by atoms with Gasteiger partial charge in [0.25, 0.3) is 0 Å². The van der Waals surface area contributed by atoms with Crippen LogP contribution in [0.25, 0.3) is 11.1 Å². The van der Waals surface area contributed by atoms with Crippen LogP contribution < -0.4 is 0 Å². The van der Waals surface area contributed by atoms with Gasteiger partial charge in [-0.15, -0.1) is 0 Å². The van der Waals surface area contributed by atoms with Crippen molar-refractivity contribution in [2.75, 3.05) is 7.11 Å². The summed E-state index contributed by atoms with van der Waals surface area (Å²) in [6.45, 7) is 2.28. The minimum Gasteiger partial charge on any atom is -0.466 e. The first-order valence-corrected chi connectivity index (χ1v) is 6.03. The van der Waals surface area contributed by atoms with Gasteiger partial charge in [0, 0.05) is 17.3 Å². The third-order valence-corrected chi connectivity index (χ3v) is 2.83. The zero-order valence-electron chi connectivity index (χ0n) is 11.0. The number of aromatic nitrogens is 2. The van der Waals surface area contributed by atoms with Crippen LogP contribution in [0.4, 0.5) is 0 Å². The van der Waals surface area contributed by atoms with Crippen LogP contribution in [-0.4, -0.2) is 22.9 Å².